The SMILES string of the molecule is CC1(C)CC(n2ccc(=O)[nH]c2=S)CC(C)(C)C1. The predicted molar refractivity (Wildman–Crippen MR) is 76.3 cm³/mol. The quantitative estimate of drug-likeness (QED) is 0.787. The molecule has 0 saturated heterocycles. The van der Waals surface area contributed by atoms with Crippen molar-refractivity contribution < 1.29 is 0 Å². The molecule has 18 heavy (non-hydrogen) atoms. The number of nitrogens with one attached hydrogen (secondary N) is 1. The van der Waals surface area contributed by atoms with Gasteiger partial charge < -0.3 is 4.57 Å². The predicted octanol–water partition coefficient (Wildman–Crippen LogP) is 3.68. The van der Waals surface area contributed by atoms with Gasteiger partial charge in [-0.3, -0.25) is 9.78 Å². The molecule has 3 nitrogen and oxygen atoms in total. The average Bonchev–Trinajstić information content (AvgIpc) is 2.11. The van der Waals surface area contributed by atoms with Crippen LogP contribution in [0.25, 0.3) is 0 Å². The van der Waals surface area contributed by atoms with E-state index < -0.39 is 0 Å². The first-order chi connectivity index (χ1) is 8.19. The van der Waals surface area contributed by atoms with E-state index in [2.05, 4.69) is 37.2 Å². The lowest BCUT2D eigenvalue weighted by atomic mass is 9.63. The van der Waals surface area contributed by atoms with Gasteiger partial charge >= 0.3 is 0 Å². The van der Waals surface area contributed by atoms with Gasteiger partial charge in [-0.2, -0.15) is 0 Å². The van der Waals surface area contributed by atoms with Gasteiger partial charge in [-0.25, -0.2) is 0 Å². The molecule has 0 spiro atoms. The number of aromatic nitrogens is 2. The molecular weight excluding hydrogens is 244 g/mol. The fraction of sp³-hybridized carbons (Fsp3) is 0.714. The van der Waals surface area contributed by atoms with Crippen LogP contribution in [0.2, 0.25) is 0 Å². The highest BCUT2D eigenvalue weighted by atomic mass is 32.1. The van der Waals surface area contributed by atoms with Crippen LogP contribution in [0, 0.1) is 15.6 Å². The van der Waals surface area contributed by atoms with Gasteiger partial charge in [0.15, 0.2) is 4.77 Å². The van der Waals surface area contributed by atoms with Gasteiger partial charge in [-0.05, 0) is 42.3 Å². The highest BCUT2D eigenvalue weighted by molar-refractivity contribution is 7.71. The molecule has 1 aliphatic rings. The van der Waals surface area contributed by atoms with Crippen molar-refractivity contribution in [2.24, 2.45) is 10.8 Å². The second kappa shape index (κ2) is 4.34. The fourth-order valence-electron chi connectivity index (χ4n) is 3.70. The Labute approximate surface area is 113 Å². The molecule has 0 aliphatic heterocycles. The summed E-state index contributed by atoms with van der Waals surface area (Å²) in [5.74, 6) is 0. The largest absolute Gasteiger partial charge is 0.322 e. The highest BCUT2D eigenvalue weighted by Gasteiger charge is 2.39. The second-order valence-corrected chi connectivity index (χ2v) is 7.47. The van der Waals surface area contributed by atoms with E-state index in [0.29, 0.717) is 21.6 Å². The summed E-state index contributed by atoms with van der Waals surface area (Å²) in [4.78, 5) is 14.0. The number of hydrogen-bond acceptors (Lipinski definition) is 2. The minimum absolute atomic E-state index is 0.120. The van der Waals surface area contributed by atoms with Crippen molar-refractivity contribution in [3.63, 3.8) is 0 Å². The summed E-state index contributed by atoms with van der Waals surface area (Å²) in [6, 6.07) is 1.94. The number of aromatic amines is 1. The summed E-state index contributed by atoms with van der Waals surface area (Å²) in [6.07, 6.45) is 5.28. The minimum Gasteiger partial charge on any atom is -0.322 e. The Morgan fingerprint density at radius 1 is 1.28 bits per heavy atom. The van der Waals surface area contributed by atoms with Gasteiger partial charge in [-0.15, -0.1) is 0 Å². The highest BCUT2D eigenvalue weighted by Crippen LogP contribution is 2.49. The van der Waals surface area contributed by atoms with Crippen LogP contribution in [0.1, 0.15) is 53.0 Å². The van der Waals surface area contributed by atoms with E-state index >= 15 is 0 Å². The number of nitrogens with zero attached hydrogens (tertiary/aromatic N) is 1. The average molecular weight is 266 g/mol. The van der Waals surface area contributed by atoms with E-state index in [4.69, 9.17) is 12.2 Å². The lowest BCUT2D eigenvalue weighted by Crippen LogP contribution is -2.35. The summed E-state index contributed by atoms with van der Waals surface area (Å²) in [7, 11) is 0. The molecule has 0 radical (unpaired) electrons. The Morgan fingerprint density at radius 2 is 1.83 bits per heavy atom. The third-order valence-electron chi connectivity index (χ3n) is 3.78. The first-order valence-corrected chi connectivity index (χ1v) is 6.91. The smallest absolute Gasteiger partial charge is 0.251 e. The molecule has 4 heteroatoms. The Hall–Kier alpha value is -0.900. The molecule has 1 N–H and O–H groups in total. The molecule has 1 fully saturated rings. The van der Waals surface area contributed by atoms with E-state index in [1.165, 1.54) is 6.42 Å². The summed E-state index contributed by atoms with van der Waals surface area (Å²) in [5, 5.41) is 0. The molecule has 1 saturated carbocycles. The zero-order chi connectivity index (χ0) is 13.6. The van der Waals surface area contributed by atoms with E-state index in [9.17, 15) is 4.79 Å². The van der Waals surface area contributed by atoms with Crippen molar-refractivity contribution in [3.8, 4) is 0 Å². The normalized spacial score (nSPS) is 22.9. The number of rotatable bonds is 1. The van der Waals surface area contributed by atoms with Crippen LogP contribution >= 0.6 is 12.2 Å². The molecule has 0 aromatic carbocycles. The van der Waals surface area contributed by atoms with Gasteiger partial charge in [0.1, 0.15) is 0 Å². The maximum absolute atomic E-state index is 11.2. The van der Waals surface area contributed by atoms with Crippen molar-refractivity contribution in [2.75, 3.05) is 0 Å². The molecule has 0 unspecified atom stereocenters. The Balaban J connectivity index is 2.38. The van der Waals surface area contributed by atoms with Crippen LogP contribution < -0.4 is 5.56 Å². The molecule has 0 atom stereocenters. The van der Waals surface area contributed by atoms with Crippen LogP contribution in [0.5, 0.6) is 0 Å². The molecule has 2 rings (SSSR count). The molecule has 1 aromatic rings. The van der Waals surface area contributed by atoms with E-state index in [-0.39, 0.29) is 5.56 Å². The van der Waals surface area contributed by atoms with Crippen molar-refractivity contribution in [1.82, 2.24) is 9.55 Å². The molecule has 1 aromatic heterocycles. The van der Waals surface area contributed by atoms with Crippen LogP contribution in [-0.2, 0) is 0 Å². The number of hydrogen-bond donors (Lipinski definition) is 1. The van der Waals surface area contributed by atoms with Gasteiger partial charge in [0.25, 0.3) is 5.56 Å². The topological polar surface area (TPSA) is 37.8 Å². The minimum atomic E-state index is -0.120. The van der Waals surface area contributed by atoms with Gasteiger partial charge in [0.2, 0.25) is 0 Å². The molecule has 0 amide bonds. The van der Waals surface area contributed by atoms with Crippen LogP contribution in [0.15, 0.2) is 17.1 Å². The maximum Gasteiger partial charge on any atom is 0.251 e. The third kappa shape index (κ3) is 2.91. The van der Waals surface area contributed by atoms with Crippen LogP contribution in [0.3, 0.4) is 0 Å². The van der Waals surface area contributed by atoms with Crippen molar-refractivity contribution in [3.05, 3.63) is 27.4 Å². The maximum atomic E-state index is 11.2. The zero-order valence-electron chi connectivity index (χ0n) is 11.6. The van der Waals surface area contributed by atoms with Gasteiger partial charge in [0, 0.05) is 18.3 Å². The third-order valence-corrected chi connectivity index (χ3v) is 4.09. The van der Waals surface area contributed by atoms with E-state index in [0.717, 1.165) is 12.8 Å². The molecule has 1 heterocycles. The first kappa shape index (κ1) is 13.5. The zero-order valence-corrected chi connectivity index (χ0v) is 12.4. The van der Waals surface area contributed by atoms with Crippen molar-refractivity contribution in [2.45, 2.75) is 53.0 Å². The van der Waals surface area contributed by atoms with Crippen LogP contribution in [-0.4, -0.2) is 9.55 Å². The Bertz CT molecular complexity index is 537. The molecule has 0 bridgehead atoms. The number of H-pyrrole nitrogens is 1. The van der Waals surface area contributed by atoms with Crippen molar-refractivity contribution in [1.29, 1.82) is 0 Å². The monoisotopic (exact) mass is 266 g/mol. The van der Waals surface area contributed by atoms with Gasteiger partial charge in [0.05, 0.1) is 0 Å². The second-order valence-electron chi connectivity index (χ2n) is 7.08. The lowest BCUT2D eigenvalue weighted by molar-refractivity contribution is 0.0711. The molecule has 1 aliphatic carbocycles. The standard InChI is InChI=1S/C14H22N2OS/c1-13(2)7-10(8-14(3,4)9-13)16-6-5-11(17)15-12(16)18/h5-6,10H,7-9H2,1-4H3,(H,15,17,18). The molecular formula is C14H22N2OS. The van der Waals surface area contributed by atoms with Crippen molar-refractivity contribution >= 4 is 12.2 Å². The Morgan fingerprint density at radius 3 is 2.33 bits per heavy atom. The summed E-state index contributed by atoms with van der Waals surface area (Å²) in [6.45, 7) is 9.26. The summed E-state index contributed by atoms with van der Waals surface area (Å²) in [5.41, 5.74) is 0.514. The summed E-state index contributed by atoms with van der Waals surface area (Å²) < 4.78 is 2.60. The lowest BCUT2D eigenvalue weighted by Gasteiger charge is -2.45. The molecule has 100 valence electrons. The van der Waals surface area contributed by atoms with Crippen LogP contribution in [0.4, 0.5) is 0 Å². The summed E-state index contributed by atoms with van der Waals surface area (Å²) >= 11 is 5.28. The van der Waals surface area contributed by atoms with E-state index in [1.807, 2.05) is 6.20 Å². The van der Waals surface area contributed by atoms with E-state index in [1.54, 1.807) is 6.07 Å². The fourth-order valence-corrected chi connectivity index (χ4v) is 4.01. The van der Waals surface area contributed by atoms with Gasteiger partial charge in [-0.1, -0.05) is 27.7 Å². The first-order valence-electron chi connectivity index (χ1n) is 6.50. The Kier molecular flexibility index (Phi) is 3.26.